The Kier molecular flexibility index (Phi) is 7.66. The van der Waals surface area contributed by atoms with Gasteiger partial charge >= 0.3 is 37.9 Å². The summed E-state index contributed by atoms with van der Waals surface area (Å²) in [5, 5.41) is 2.76. The van der Waals surface area contributed by atoms with Gasteiger partial charge in [0, 0.05) is 0 Å². The van der Waals surface area contributed by atoms with Crippen molar-refractivity contribution in [1.29, 1.82) is 0 Å². The first kappa shape index (κ1) is 21.8. The van der Waals surface area contributed by atoms with Gasteiger partial charge in [0.2, 0.25) is 0 Å². The molecular formula is C23H27Cl2Zr-. The summed E-state index contributed by atoms with van der Waals surface area (Å²) in [5.74, 6) is 0.560. The van der Waals surface area contributed by atoms with Crippen LogP contribution in [0.2, 0.25) is 0 Å². The molecule has 0 aromatic heterocycles. The van der Waals surface area contributed by atoms with Gasteiger partial charge in [0.1, 0.15) is 0 Å². The van der Waals surface area contributed by atoms with Gasteiger partial charge in [-0.2, -0.15) is 6.07 Å². The third-order valence-electron chi connectivity index (χ3n) is 4.80. The van der Waals surface area contributed by atoms with Gasteiger partial charge in [0.25, 0.3) is 0 Å². The molecule has 0 radical (unpaired) electrons. The maximum absolute atomic E-state index is 4.93. The minimum absolute atomic E-state index is 0.126. The molecule has 0 unspecified atom stereocenters. The zero-order chi connectivity index (χ0) is 19.5. The average molecular weight is 466 g/mol. The normalized spacial score (nSPS) is 11.4. The minimum atomic E-state index is -0.826. The van der Waals surface area contributed by atoms with Crippen molar-refractivity contribution in [3.05, 3.63) is 65.2 Å². The Morgan fingerprint density at radius 1 is 1.00 bits per heavy atom. The van der Waals surface area contributed by atoms with E-state index in [0.29, 0.717) is 5.92 Å². The van der Waals surface area contributed by atoms with Gasteiger partial charge in [-0.25, -0.2) is 0 Å². The van der Waals surface area contributed by atoms with Crippen LogP contribution in [0.5, 0.6) is 0 Å². The first-order chi connectivity index (χ1) is 12.2. The molecule has 0 aliphatic rings. The van der Waals surface area contributed by atoms with Gasteiger partial charge < -0.3 is 0 Å². The van der Waals surface area contributed by atoms with Crippen LogP contribution in [0.25, 0.3) is 21.9 Å². The molecule has 3 heteroatoms. The summed E-state index contributed by atoms with van der Waals surface area (Å²) in [7, 11) is 9.87. The second kappa shape index (κ2) is 9.14. The van der Waals surface area contributed by atoms with Gasteiger partial charge in [-0.1, -0.05) is 70.0 Å². The van der Waals surface area contributed by atoms with Gasteiger partial charge in [-0.15, -0.1) is 34.5 Å². The predicted molar refractivity (Wildman–Crippen MR) is 114 cm³/mol. The quantitative estimate of drug-likeness (QED) is 0.334. The van der Waals surface area contributed by atoms with E-state index in [2.05, 4.69) is 90.1 Å². The second-order valence-corrected chi connectivity index (χ2v) is 11.8. The van der Waals surface area contributed by atoms with Crippen LogP contribution in [0.4, 0.5) is 0 Å². The van der Waals surface area contributed by atoms with E-state index in [-0.39, 0.29) is 5.41 Å². The third-order valence-corrected chi connectivity index (χ3v) is 4.80. The van der Waals surface area contributed by atoms with E-state index in [9.17, 15) is 0 Å². The van der Waals surface area contributed by atoms with Crippen LogP contribution >= 0.6 is 17.0 Å². The van der Waals surface area contributed by atoms with Crippen molar-refractivity contribution >= 4 is 27.8 Å². The van der Waals surface area contributed by atoms with E-state index in [4.69, 9.17) is 17.0 Å². The van der Waals surface area contributed by atoms with Crippen molar-refractivity contribution in [2.24, 2.45) is 0 Å². The van der Waals surface area contributed by atoms with Crippen LogP contribution in [-0.2, 0) is 26.3 Å². The molecule has 0 nitrogen and oxygen atoms in total. The standard InChI is InChI=1S/C23H27.2ClH.Zr/c1-15(2)18-13-17-11-12-21(23(4,5)6)22(20(17)14-18)19-10-8-7-9-16(19)3;;;/h7-15H,1-6H3;2*1H;/q-1;;;+2/p-2. The van der Waals surface area contributed by atoms with Crippen molar-refractivity contribution in [3.8, 4) is 11.1 Å². The maximum atomic E-state index is 4.93. The first-order valence-electron chi connectivity index (χ1n) is 8.96. The fraction of sp³-hybridized carbons (Fsp3) is 0.348. The van der Waals surface area contributed by atoms with Crippen LogP contribution in [-0.4, -0.2) is 0 Å². The van der Waals surface area contributed by atoms with E-state index in [1.165, 1.54) is 38.6 Å². The van der Waals surface area contributed by atoms with Crippen molar-refractivity contribution in [2.45, 2.75) is 52.9 Å². The van der Waals surface area contributed by atoms with Gasteiger partial charge in [0.15, 0.2) is 0 Å². The summed E-state index contributed by atoms with van der Waals surface area (Å²) < 4.78 is 0. The summed E-state index contributed by atoms with van der Waals surface area (Å²) in [6, 6.07) is 18.1. The molecule has 0 aliphatic heterocycles. The van der Waals surface area contributed by atoms with Crippen molar-refractivity contribution in [2.75, 3.05) is 0 Å². The van der Waals surface area contributed by atoms with E-state index < -0.39 is 20.8 Å². The van der Waals surface area contributed by atoms with E-state index in [1.807, 2.05) is 0 Å². The van der Waals surface area contributed by atoms with Crippen LogP contribution in [0, 0.1) is 6.92 Å². The van der Waals surface area contributed by atoms with Crippen molar-refractivity contribution in [3.63, 3.8) is 0 Å². The number of hydrogen-bond acceptors (Lipinski definition) is 0. The molecule has 0 atom stereocenters. The number of benzene rings is 2. The Labute approximate surface area is 176 Å². The van der Waals surface area contributed by atoms with Gasteiger partial charge in [-0.05, 0) is 29.4 Å². The molecule has 0 fully saturated rings. The van der Waals surface area contributed by atoms with E-state index in [0.717, 1.165) is 0 Å². The van der Waals surface area contributed by atoms with E-state index >= 15 is 0 Å². The molecule has 0 aliphatic carbocycles. The molecule has 3 rings (SSSR count). The Hall–Kier alpha value is -0.487. The molecule has 0 heterocycles. The van der Waals surface area contributed by atoms with Gasteiger partial charge in [0.05, 0.1) is 0 Å². The monoisotopic (exact) mass is 463 g/mol. The summed E-state index contributed by atoms with van der Waals surface area (Å²) in [4.78, 5) is 0. The second-order valence-electron chi connectivity index (χ2n) is 8.07. The van der Waals surface area contributed by atoms with Crippen molar-refractivity contribution in [1.82, 2.24) is 0 Å². The summed E-state index contributed by atoms with van der Waals surface area (Å²) >= 11 is -0.826. The third kappa shape index (κ3) is 4.86. The fourth-order valence-electron chi connectivity index (χ4n) is 3.41. The van der Waals surface area contributed by atoms with Crippen LogP contribution in [0.15, 0.2) is 48.5 Å². The van der Waals surface area contributed by atoms with Crippen LogP contribution in [0.3, 0.4) is 0 Å². The fourth-order valence-corrected chi connectivity index (χ4v) is 3.41. The molecule has 0 saturated heterocycles. The molecule has 0 spiro atoms. The Morgan fingerprint density at radius 3 is 2.15 bits per heavy atom. The number of halogens is 2. The Bertz CT molecular complexity index is 870. The molecule has 138 valence electrons. The molecule has 0 amide bonds. The molecule has 3 aromatic rings. The topological polar surface area (TPSA) is 0 Å². The molecule has 0 saturated carbocycles. The zero-order valence-corrected chi connectivity index (χ0v) is 20.4. The average Bonchev–Trinajstić information content (AvgIpc) is 2.99. The molecule has 0 N–H and O–H groups in total. The summed E-state index contributed by atoms with van der Waals surface area (Å²) in [6.45, 7) is 13.7. The number of hydrogen-bond donors (Lipinski definition) is 0. The SMILES string of the molecule is Cc1ccccc1-c1c(C(C)(C)C)ccc2[cH-]c(C(C)C)cc12.[Cl][Zr][Cl]. The molecular weight excluding hydrogens is 438 g/mol. The number of fused-ring (bicyclic) bond motifs is 1. The molecule has 0 bridgehead atoms. The Morgan fingerprint density at radius 2 is 1.62 bits per heavy atom. The Balaban J connectivity index is 0.000000758. The number of aryl methyl sites for hydroxylation is 1. The molecule has 26 heavy (non-hydrogen) atoms. The van der Waals surface area contributed by atoms with E-state index in [1.54, 1.807) is 0 Å². The van der Waals surface area contributed by atoms with Gasteiger partial charge in [-0.3, -0.25) is 0 Å². The summed E-state index contributed by atoms with van der Waals surface area (Å²) in [6.07, 6.45) is 0. The van der Waals surface area contributed by atoms with Crippen LogP contribution < -0.4 is 0 Å². The van der Waals surface area contributed by atoms with Crippen LogP contribution in [0.1, 0.15) is 57.2 Å². The number of rotatable bonds is 2. The first-order valence-corrected chi connectivity index (χ1v) is 15.3. The predicted octanol–water partition coefficient (Wildman–Crippen LogP) is 8.33. The van der Waals surface area contributed by atoms with Crippen molar-refractivity contribution < 1.29 is 20.8 Å². The summed E-state index contributed by atoms with van der Waals surface area (Å²) in [5.41, 5.74) is 7.11. The molecule has 3 aromatic carbocycles. The zero-order valence-electron chi connectivity index (χ0n) is 16.5.